The second-order valence-corrected chi connectivity index (χ2v) is 10.2. The second kappa shape index (κ2) is 11.2. The van der Waals surface area contributed by atoms with Crippen LogP contribution < -0.4 is 14.8 Å². The Morgan fingerprint density at radius 1 is 1.00 bits per heavy atom. The lowest BCUT2D eigenvalue weighted by Gasteiger charge is -2.14. The van der Waals surface area contributed by atoms with Crippen molar-refractivity contribution in [2.75, 3.05) is 26.1 Å². The fraction of sp³-hybridized carbons (Fsp3) is 0.300. The molecular weight excluding hydrogens is 500 g/mol. The van der Waals surface area contributed by atoms with Crippen molar-refractivity contribution in [2.24, 2.45) is 0 Å². The largest absolute Gasteiger partial charge is 0.497 e. The molecule has 1 aliphatic rings. The van der Waals surface area contributed by atoms with Crippen LogP contribution in [-0.2, 0) is 17.6 Å². The number of anilines is 1. The lowest BCUT2D eigenvalue weighted by atomic mass is 10.0. The minimum absolute atomic E-state index is 0.277. The Hall–Kier alpha value is -3.91. The number of esters is 1. The predicted molar refractivity (Wildman–Crippen MR) is 150 cm³/mol. The number of fused-ring (bicyclic) bond motifs is 2. The van der Waals surface area contributed by atoms with E-state index in [0.717, 1.165) is 53.5 Å². The third kappa shape index (κ3) is 4.96. The molecular formula is C30H30N2O5S. The van der Waals surface area contributed by atoms with Gasteiger partial charge in [-0.25, -0.2) is 9.78 Å². The molecule has 8 heteroatoms. The smallest absolute Gasteiger partial charge is 0.341 e. The first-order chi connectivity index (χ1) is 18.5. The maximum absolute atomic E-state index is 13.8. The molecule has 2 aromatic carbocycles. The molecule has 196 valence electrons. The fourth-order valence-electron chi connectivity index (χ4n) is 4.93. The molecule has 1 N–H and O–H groups in total. The number of aryl methyl sites for hydroxylation is 1. The summed E-state index contributed by atoms with van der Waals surface area (Å²) in [6.45, 7) is 2.07. The van der Waals surface area contributed by atoms with Gasteiger partial charge in [-0.1, -0.05) is 24.6 Å². The highest BCUT2D eigenvalue weighted by atomic mass is 32.1. The summed E-state index contributed by atoms with van der Waals surface area (Å²) >= 11 is 1.49. The molecule has 0 atom stereocenters. The number of rotatable bonds is 7. The normalized spacial score (nSPS) is 12.9. The summed E-state index contributed by atoms with van der Waals surface area (Å²) in [5.74, 6) is 0.558. The van der Waals surface area contributed by atoms with Crippen LogP contribution in [0, 0.1) is 0 Å². The van der Waals surface area contributed by atoms with Crippen molar-refractivity contribution in [3.8, 4) is 22.8 Å². The lowest BCUT2D eigenvalue weighted by Crippen LogP contribution is -2.16. The van der Waals surface area contributed by atoms with Gasteiger partial charge in [-0.15, -0.1) is 11.3 Å². The lowest BCUT2D eigenvalue weighted by molar-refractivity contribution is 0.0527. The Labute approximate surface area is 225 Å². The molecule has 2 heterocycles. The van der Waals surface area contributed by atoms with E-state index < -0.39 is 0 Å². The minimum atomic E-state index is -0.384. The second-order valence-electron chi connectivity index (χ2n) is 9.08. The van der Waals surface area contributed by atoms with Crippen molar-refractivity contribution in [3.63, 3.8) is 0 Å². The zero-order valence-corrected chi connectivity index (χ0v) is 22.6. The van der Waals surface area contributed by atoms with Crippen molar-refractivity contribution in [1.82, 2.24) is 4.98 Å². The van der Waals surface area contributed by atoms with E-state index in [1.165, 1.54) is 11.3 Å². The average molecular weight is 531 g/mol. The predicted octanol–water partition coefficient (Wildman–Crippen LogP) is 6.68. The maximum atomic E-state index is 13.8. The fourth-order valence-corrected chi connectivity index (χ4v) is 6.20. The molecule has 5 rings (SSSR count). The van der Waals surface area contributed by atoms with Gasteiger partial charge in [0.2, 0.25) is 0 Å². The van der Waals surface area contributed by atoms with Crippen molar-refractivity contribution in [1.29, 1.82) is 0 Å². The van der Waals surface area contributed by atoms with E-state index in [0.29, 0.717) is 38.8 Å². The van der Waals surface area contributed by atoms with Crippen LogP contribution in [-0.4, -0.2) is 37.7 Å². The number of hydrogen-bond donors (Lipinski definition) is 1. The van der Waals surface area contributed by atoms with E-state index in [2.05, 4.69) is 5.32 Å². The van der Waals surface area contributed by atoms with Gasteiger partial charge in [-0.05, 0) is 62.4 Å². The number of ether oxygens (including phenoxy) is 3. The Morgan fingerprint density at radius 3 is 2.61 bits per heavy atom. The number of carbonyl (C=O) groups is 2. The first-order valence-corrected chi connectivity index (χ1v) is 13.6. The standard InChI is InChI=1S/C30H30N2O5S/c1-4-37-30(34)27-21-11-6-5-7-13-26(21)38-29(27)32-28(33)22-17-24(31-23-12-9-8-10-19(22)23)20-15-14-18(35-2)16-25(20)36-3/h8-10,12,14-17H,4-7,11,13H2,1-3H3,(H,32,33). The molecule has 0 saturated heterocycles. The Bertz CT molecular complexity index is 1510. The van der Waals surface area contributed by atoms with Crippen LogP contribution in [0.3, 0.4) is 0 Å². The van der Waals surface area contributed by atoms with Crippen molar-refractivity contribution < 1.29 is 23.8 Å². The molecule has 0 radical (unpaired) electrons. The molecule has 0 aliphatic heterocycles. The number of carbonyl (C=O) groups excluding carboxylic acids is 2. The highest BCUT2D eigenvalue weighted by molar-refractivity contribution is 7.17. The summed E-state index contributed by atoms with van der Waals surface area (Å²) < 4.78 is 16.3. The van der Waals surface area contributed by atoms with E-state index >= 15 is 0 Å². The van der Waals surface area contributed by atoms with Gasteiger partial charge in [0.25, 0.3) is 5.91 Å². The maximum Gasteiger partial charge on any atom is 0.341 e. The zero-order chi connectivity index (χ0) is 26.6. The quantitative estimate of drug-likeness (QED) is 0.212. The van der Waals surface area contributed by atoms with Crippen molar-refractivity contribution in [3.05, 3.63) is 70.1 Å². The van der Waals surface area contributed by atoms with Gasteiger partial charge >= 0.3 is 5.97 Å². The molecule has 7 nitrogen and oxygen atoms in total. The molecule has 38 heavy (non-hydrogen) atoms. The summed E-state index contributed by atoms with van der Waals surface area (Å²) in [4.78, 5) is 32.8. The molecule has 0 fully saturated rings. The van der Waals surface area contributed by atoms with Gasteiger partial charge in [0.1, 0.15) is 16.5 Å². The third-order valence-corrected chi connectivity index (χ3v) is 7.98. The first-order valence-electron chi connectivity index (χ1n) is 12.8. The number of nitrogens with zero attached hydrogens (tertiary/aromatic N) is 1. The summed E-state index contributed by atoms with van der Waals surface area (Å²) in [6.07, 6.45) is 4.94. The number of methoxy groups -OCH3 is 2. The molecule has 0 spiro atoms. The molecule has 0 unspecified atom stereocenters. The molecule has 1 aliphatic carbocycles. The molecule has 0 saturated carbocycles. The summed E-state index contributed by atoms with van der Waals surface area (Å²) in [5, 5.41) is 4.33. The number of aromatic nitrogens is 1. The summed E-state index contributed by atoms with van der Waals surface area (Å²) in [5.41, 5.74) is 3.99. The minimum Gasteiger partial charge on any atom is -0.497 e. The number of benzene rings is 2. The van der Waals surface area contributed by atoms with Crippen LogP contribution in [0.4, 0.5) is 5.00 Å². The molecule has 0 bridgehead atoms. The number of pyridine rings is 1. The van der Waals surface area contributed by atoms with Gasteiger partial charge in [0, 0.05) is 21.9 Å². The van der Waals surface area contributed by atoms with Crippen LogP contribution in [0.5, 0.6) is 11.5 Å². The first kappa shape index (κ1) is 25.7. The van der Waals surface area contributed by atoms with Crippen LogP contribution in [0.2, 0.25) is 0 Å². The third-order valence-electron chi connectivity index (χ3n) is 6.77. The van der Waals surface area contributed by atoms with Crippen molar-refractivity contribution >= 4 is 39.1 Å². The number of amides is 1. The van der Waals surface area contributed by atoms with Crippen LogP contribution in [0.1, 0.15) is 57.3 Å². The number of nitrogens with one attached hydrogen (secondary N) is 1. The van der Waals surface area contributed by atoms with E-state index in [1.54, 1.807) is 33.3 Å². The van der Waals surface area contributed by atoms with E-state index in [4.69, 9.17) is 19.2 Å². The van der Waals surface area contributed by atoms with E-state index in [-0.39, 0.29) is 18.5 Å². The highest BCUT2D eigenvalue weighted by Gasteiger charge is 2.27. The SMILES string of the molecule is CCOC(=O)c1c(NC(=O)c2cc(-c3ccc(OC)cc3OC)nc3ccccc23)sc2c1CCCCC2. The van der Waals surface area contributed by atoms with Gasteiger partial charge in [-0.2, -0.15) is 0 Å². The number of thiophene rings is 1. The zero-order valence-electron chi connectivity index (χ0n) is 21.8. The Kier molecular flexibility index (Phi) is 7.60. The molecule has 1 amide bonds. The summed E-state index contributed by atoms with van der Waals surface area (Å²) in [6, 6.07) is 14.8. The van der Waals surface area contributed by atoms with Gasteiger partial charge in [-0.3, -0.25) is 4.79 Å². The van der Waals surface area contributed by atoms with Crippen molar-refractivity contribution in [2.45, 2.75) is 39.0 Å². The monoisotopic (exact) mass is 530 g/mol. The molecule has 2 aromatic heterocycles. The number of para-hydroxylation sites is 1. The van der Waals surface area contributed by atoms with Gasteiger partial charge in [0.05, 0.1) is 43.2 Å². The Morgan fingerprint density at radius 2 is 1.82 bits per heavy atom. The highest BCUT2D eigenvalue weighted by Crippen LogP contribution is 2.39. The van der Waals surface area contributed by atoms with Crippen LogP contribution in [0.15, 0.2) is 48.5 Å². The van der Waals surface area contributed by atoms with Gasteiger partial charge in [0.15, 0.2) is 0 Å². The van der Waals surface area contributed by atoms with Gasteiger partial charge < -0.3 is 19.5 Å². The van der Waals surface area contributed by atoms with E-state index in [9.17, 15) is 9.59 Å². The topological polar surface area (TPSA) is 86.8 Å². The molecule has 4 aromatic rings. The average Bonchev–Trinajstić information content (AvgIpc) is 3.11. The number of hydrogen-bond acceptors (Lipinski definition) is 7. The summed E-state index contributed by atoms with van der Waals surface area (Å²) in [7, 11) is 3.19. The van der Waals surface area contributed by atoms with E-state index in [1.807, 2.05) is 36.4 Å². The Balaban J connectivity index is 1.59. The van der Waals surface area contributed by atoms with Crippen LogP contribution in [0.25, 0.3) is 22.2 Å². The van der Waals surface area contributed by atoms with Crippen LogP contribution >= 0.6 is 11.3 Å².